The number of rotatable bonds is 11. The largest absolute Gasteiger partial charge is 0.477 e. The van der Waals surface area contributed by atoms with Crippen LogP contribution >= 0.6 is 0 Å². The molecule has 0 aliphatic rings. The number of alkyl halides is 3. The normalized spacial score (nSPS) is 12.5. The van der Waals surface area contributed by atoms with Crippen LogP contribution in [-0.4, -0.2) is 53.6 Å². The Morgan fingerprint density at radius 3 is 2.61 bits per heavy atom. The van der Waals surface area contributed by atoms with E-state index in [0.717, 1.165) is 22.8 Å². The van der Waals surface area contributed by atoms with Crippen LogP contribution in [0.15, 0.2) is 71.9 Å². The van der Waals surface area contributed by atoms with Crippen LogP contribution in [0.2, 0.25) is 0 Å². The fourth-order valence-corrected chi connectivity index (χ4v) is 2.91. The van der Waals surface area contributed by atoms with Crippen molar-refractivity contribution in [2.45, 2.75) is 26.4 Å². The molecule has 8 nitrogen and oxygen atoms in total. The minimum Gasteiger partial charge on any atom is -0.477 e. The van der Waals surface area contributed by atoms with E-state index in [-0.39, 0.29) is 24.7 Å². The maximum absolute atomic E-state index is 12.7. The SMILES string of the molecule is C=C(/C=C\N(N)/C(C)=C(/C=NC)c1cnc(OCCc2ccncc2)c(C(=O)OCC)c1)C(F)(F)F. The third-order valence-corrected chi connectivity index (χ3v) is 4.87. The lowest BCUT2D eigenvalue weighted by Gasteiger charge is -2.19. The maximum atomic E-state index is 12.7. The molecular formula is C25H28F3N5O3. The van der Waals surface area contributed by atoms with Gasteiger partial charge >= 0.3 is 12.1 Å². The first-order valence-corrected chi connectivity index (χ1v) is 10.9. The van der Waals surface area contributed by atoms with E-state index >= 15 is 0 Å². The standard InChI is InChI=1S/C25H28F3N5O3/c1-5-35-24(34)21-14-20(15-32-23(21)36-13-9-19-6-10-31-11-7-19)22(16-30-4)18(3)33(29)12-8-17(2)25(26,27)28/h6-8,10-12,14-16H,2,5,9,13,29H2,1,3-4H3/b12-8-,22-18-,30-16?. The molecule has 36 heavy (non-hydrogen) atoms. The number of hydrogen-bond donors (Lipinski definition) is 1. The molecule has 0 aliphatic carbocycles. The number of nitrogens with two attached hydrogens (primary N) is 1. The first kappa shape index (κ1) is 28.2. The number of hydrazine groups is 1. The van der Waals surface area contributed by atoms with Crippen molar-refractivity contribution in [1.82, 2.24) is 15.0 Å². The number of ether oxygens (including phenoxy) is 2. The molecule has 0 bridgehead atoms. The highest BCUT2D eigenvalue weighted by Gasteiger charge is 2.30. The highest BCUT2D eigenvalue weighted by Crippen LogP contribution is 2.27. The van der Waals surface area contributed by atoms with Gasteiger partial charge in [-0.3, -0.25) is 15.0 Å². The Bertz CT molecular complexity index is 1150. The van der Waals surface area contributed by atoms with Crippen molar-refractivity contribution in [3.05, 3.63) is 83.6 Å². The molecule has 0 fully saturated rings. The van der Waals surface area contributed by atoms with E-state index in [0.29, 0.717) is 23.3 Å². The van der Waals surface area contributed by atoms with E-state index in [2.05, 4.69) is 21.5 Å². The van der Waals surface area contributed by atoms with Crippen molar-refractivity contribution in [3.8, 4) is 5.88 Å². The number of hydrogen-bond acceptors (Lipinski definition) is 8. The summed E-state index contributed by atoms with van der Waals surface area (Å²) >= 11 is 0. The molecule has 0 aromatic carbocycles. The van der Waals surface area contributed by atoms with Crippen molar-refractivity contribution < 1.29 is 27.4 Å². The summed E-state index contributed by atoms with van der Waals surface area (Å²) in [6.07, 6.45) is 4.04. The summed E-state index contributed by atoms with van der Waals surface area (Å²) in [5.41, 5.74) is 1.22. The number of allylic oxidation sites excluding steroid dienone is 4. The number of esters is 1. The average Bonchev–Trinajstić information content (AvgIpc) is 2.85. The van der Waals surface area contributed by atoms with Gasteiger partial charge in [0, 0.05) is 66.9 Å². The van der Waals surface area contributed by atoms with E-state index in [1.165, 1.54) is 25.5 Å². The Kier molecular flexibility index (Phi) is 10.4. The quantitative estimate of drug-likeness (QED) is 0.158. The lowest BCUT2D eigenvalue weighted by molar-refractivity contribution is -0.0878. The zero-order valence-corrected chi connectivity index (χ0v) is 20.2. The van der Waals surface area contributed by atoms with Crippen LogP contribution in [0, 0.1) is 0 Å². The Morgan fingerprint density at radius 1 is 1.31 bits per heavy atom. The molecular weight excluding hydrogens is 475 g/mol. The van der Waals surface area contributed by atoms with Crippen LogP contribution in [0.4, 0.5) is 13.2 Å². The minimum absolute atomic E-state index is 0.0858. The molecule has 2 N–H and O–H groups in total. The second kappa shape index (κ2) is 13.2. The summed E-state index contributed by atoms with van der Waals surface area (Å²) in [6, 6.07) is 5.22. The van der Waals surface area contributed by atoms with Gasteiger partial charge in [0.15, 0.2) is 0 Å². The van der Waals surface area contributed by atoms with Gasteiger partial charge < -0.3 is 9.47 Å². The first-order valence-electron chi connectivity index (χ1n) is 10.9. The van der Waals surface area contributed by atoms with Gasteiger partial charge in [0.1, 0.15) is 5.56 Å². The lowest BCUT2D eigenvalue weighted by Crippen LogP contribution is -2.24. The molecule has 2 aromatic rings. The molecule has 0 radical (unpaired) electrons. The summed E-state index contributed by atoms with van der Waals surface area (Å²) in [5.74, 6) is 5.40. The number of aliphatic imine (C=N–C) groups is 1. The Morgan fingerprint density at radius 2 is 2.00 bits per heavy atom. The minimum atomic E-state index is -4.58. The fourth-order valence-electron chi connectivity index (χ4n) is 2.91. The van der Waals surface area contributed by atoms with E-state index in [1.54, 1.807) is 26.2 Å². The van der Waals surface area contributed by atoms with Gasteiger partial charge in [0.25, 0.3) is 0 Å². The van der Waals surface area contributed by atoms with E-state index in [4.69, 9.17) is 15.3 Å². The predicted molar refractivity (Wildman–Crippen MR) is 131 cm³/mol. The topological polar surface area (TPSA) is 103 Å². The molecule has 0 spiro atoms. The highest BCUT2D eigenvalue weighted by atomic mass is 19.4. The molecule has 192 valence electrons. The van der Waals surface area contributed by atoms with Gasteiger partial charge in [-0.25, -0.2) is 15.6 Å². The molecule has 2 rings (SSSR count). The number of pyridine rings is 2. The smallest absolute Gasteiger partial charge is 0.415 e. The van der Waals surface area contributed by atoms with Crippen molar-refractivity contribution in [1.29, 1.82) is 0 Å². The fraction of sp³-hybridized carbons (Fsp3) is 0.280. The van der Waals surface area contributed by atoms with Crippen molar-refractivity contribution in [3.63, 3.8) is 0 Å². The second-order valence-electron chi connectivity index (χ2n) is 7.38. The predicted octanol–water partition coefficient (Wildman–Crippen LogP) is 4.51. The maximum Gasteiger partial charge on any atom is 0.415 e. The molecule has 0 amide bonds. The number of halogens is 3. The van der Waals surface area contributed by atoms with Crippen molar-refractivity contribution in [2.75, 3.05) is 20.3 Å². The van der Waals surface area contributed by atoms with Crippen LogP contribution in [0.5, 0.6) is 5.88 Å². The zero-order chi connectivity index (χ0) is 26.7. The van der Waals surface area contributed by atoms with Crippen LogP contribution in [0.1, 0.15) is 35.3 Å². The summed E-state index contributed by atoms with van der Waals surface area (Å²) in [6.45, 7) is 6.64. The van der Waals surface area contributed by atoms with Gasteiger partial charge in [-0.15, -0.1) is 0 Å². The van der Waals surface area contributed by atoms with Gasteiger partial charge in [-0.05, 0) is 43.7 Å². The molecule has 2 heterocycles. The zero-order valence-electron chi connectivity index (χ0n) is 20.2. The Balaban J connectivity index is 2.39. The van der Waals surface area contributed by atoms with E-state index < -0.39 is 17.7 Å². The summed E-state index contributed by atoms with van der Waals surface area (Å²) in [7, 11) is 1.52. The summed E-state index contributed by atoms with van der Waals surface area (Å²) in [4.78, 5) is 24.9. The highest BCUT2D eigenvalue weighted by molar-refractivity contribution is 6.11. The molecule has 11 heteroatoms. The van der Waals surface area contributed by atoms with Crippen LogP contribution in [-0.2, 0) is 11.2 Å². The Labute approximate surface area is 207 Å². The van der Waals surface area contributed by atoms with E-state index in [1.807, 2.05) is 12.1 Å². The van der Waals surface area contributed by atoms with E-state index in [9.17, 15) is 18.0 Å². The van der Waals surface area contributed by atoms with Crippen LogP contribution < -0.4 is 10.6 Å². The lowest BCUT2D eigenvalue weighted by atomic mass is 10.0. The Hall–Kier alpha value is -3.99. The molecule has 0 unspecified atom stereocenters. The second-order valence-corrected chi connectivity index (χ2v) is 7.38. The first-order chi connectivity index (χ1) is 17.1. The summed E-state index contributed by atoms with van der Waals surface area (Å²) < 4.78 is 49.1. The third-order valence-electron chi connectivity index (χ3n) is 4.87. The van der Waals surface area contributed by atoms with Gasteiger partial charge in [-0.2, -0.15) is 13.2 Å². The number of carbonyl (C=O) groups excluding carboxylic acids is 1. The molecule has 2 aromatic heterocycles. The molecule has 0 atom stereocenters. The van der Waals surface area contributed by atoms with Gasteiger partial charge in [0.05, 0.1) is 13.2 Å². The van der Waals surface area contributed by atoms with Gasteiger partial charge in [-0.1, -0.05) is 6.58 Å². The van der Waals surface area contributed by atoms with Crippen molar-refractivity contribution >= 4 is 17.8 Å². The number of carbonyl (C=O) groups is 1. The molecule has 0 saturated carbocycles. The summed E-state index contributed by atoms with van der Waals surface area (Å²) in [5, 5.41) is 0.997. The average molecular weight is 504 g/mol. The van der Waals surface area contributed by atoms with Crippen LogP contribution in [0.25, 0.3) is 5.57 Å². The van der Waals surface area contributed by atoms with Crippen LogP contribution in [0.3, 0.4) is 0 Å². The van der Waals surface area contributed by atoms with Crippen molar-refractivity contribution in [2.24, 2.45) is 10.8 Å². The number of nitrogens with zero attached hydrogens (tertiary/aromatic N) is 4. The number of aromatic nitrogens is 2. The molecule has 0 aliphatic heterocycles. The third kappa shape index (κ3) is 8.05. The van der Waals surface area contributed by atoms with Gasteiger partial charge in [0.2, 0.25) is 5.88 Å². The monoisotopic (exact) mass is 503 g/mol. The molecule has 0 saturated heterocycles.